The van der Waals surface area contributed by atoms with Gasteiger partial charge in [-0.05, 0) is 63.4 Å². The Labute approximate surface area is 204 Å². The minimum atomic E-state index is -5.91. The zero-order chi connectivity index (χ0) is 24.4. The van der Waals surface area contributed by atoms with Crippen LogP contribution in [-0.4, -0.2) is 46.8 Å². The second-order valence-corrected chi connectivity index (χ2v) is 9.75. The lowest BCUT2D eigenvalue weighted by Gasteiger charge is -2.13. The van der Waals surface area contributed by atoms with Gasteiger partial charge in [-0.2, -0.15) is 17.2 Å². The number of nitrogens with zero attached hydrogens (tertiary/aromatic N) is 1. The minimum absolute atomic E-state index is 0.253. The Hall–Kier alpha value is -2.19. The summed E-state index contributed by atoms with van der Waals surface area (Å²) in [5.41, 5.74) is -2.11. The zero-order valence-corrected chi connectivity index (χ0v) is 20.3. The fourth-order valence-corrected chi connectivity index (χ4v) is 4.14. The lowest BCUT2D eigenvalue weighted by Crippen LogP contribution is -2.34. The van der Waals surface area contributed by atoms with Crippen molar-refractivity contribution in [3.63, 3.8) is 0 Å². The molecular weight excluding hydrogens is 690 g/mol. The summed E-state index contributed by atoms with van der Waals surface area (Å²) in [4.78, 5) is 34.5. The van der Waals surface area contributed by atoms with E-state index in [4.69, 9.17) is 9.29 Å². The van der Waals surface area contributed by atoms with Crippen LogP contribution in [0.25, 0.3) is 0 Å². The molecule has 0 spiro atoms. The summed E-state index contributed by atoms with van der Waals surface area (Å²) in [6.45, 7) is -2.12. The Bertz CT molecular complexity index is 1220. The summed E-state index contributed by atoms with van der Waals surface area (Å²) >= 11 is 3.64. The summed E-state index contributed by atoms with van der Waals surface area (Å²) < 4.78 is 66.1. The molecule has 2 rings (SSSR count). The Morgan fingerprint density at radius 1 is 1.12 bits per heavy atom. The molecule has 11 nitrogen and oxygen atoms in total. The summed E-state index contributed by atoms with van der Waals surface area (Å²) in [6, 6.07) is 5.14. The SMILES string of the molecule is O=C(OCC(F)(F)S(=O)(=O)O)c1cc(OC(=O)c2cc(I)cc(I)c2O)ccc1[N+](=O)[O-]. The molecule has 0 bridgehead atoms. The minimum Gasteiger partial charge on any atom is -0.506 e. The Morgan fingerprint density at radius 2 is 1.75 bits per heavy atom. The van der Waals surface area contributed by atoms with E-state index in [2.05, 4.69) is 4.74 Å². The number of nitro groups is 1. The lowest BCUT2D eigenvalue weighted by atomic mass is 10.1. The quantitative estimate of drug-likeness (QED) is 0.109. The first-order valence-electron chi connectivity index (χ1n) is 7.84. The number of nitro benzene ring substituents is 1. The third kappa shape index (κ3) is 5.98. The van der Waals surface area contributed by atoms with Gasteiger partial charge in [-0.1, -0.05) is 0 Å². The molecule has 0 fully saturated rings. The topological polar surface area (TPSA) is 170 Å². The molecule has 32 heavy (non-hydrogen) atoms. The predicted octanol–water partition coefficient (Wildman–Crippen LogP) is 3.37. The van der Waals surface area contributed by atoms with Crippen LogP contribution in [0, 0.1) is 17.3 Å². The molecule has 2 aromatic carbocycles. The fraction of sp³-hybridized carbons (Fsp3) is 0.125. The number of esters is 2. The van der Waals surface area contributed by atoms with E-state index in [0.29, 0.717) is 13.2 Å². The first-order valence-corrected chi connectivity index (χ1v) is 11.4. The highest BCUT2D eigenvalue weighted by Gasteiger charge is 2.46. The molecule has 2 N–H and O–H groups in total. The van der Waals surface area contributed by atoms with Gasteiger partial charge in [0.2, 0.25) is 0 Å². The number of aromatic hydroxyl groups is 1. The van der Waals surface area contributed by atoms with Crippen molar-refractivity contribution in [1.82, 2.24) is 0 Å². The molecule has 0 unspecified atom stereocenters. The molecule has 0 saturated carbocycles. The first kappa shape index (κ1) is 26.1. The second-order valence-electron chi connectivity index (χ2n) is 5.80. The highest BCUT2D eigenvalue weighted by Crippen LogP contribution is 2.30. The molecule has 16 heteroatoms. The van der Waals surface area contributed by atoms with Crippen molar-refractivity contribution in [2.45, 2.75) is 5.25 Å². The van der Waals surface area contributed by atoms with Crippen LogP contribution in [0.5, 0.6) is 11.5 Å². The van der Waals surface area contributed by atoms with Gasteiger partial charge >= 0.3 is 27.3 Å². The number of carbonyl (C=O) groups excluding carboxylic acids is 2. The van der Waals surface area contributed by atoms with Crippen LogP contribution < -0.4 is 4.74 Å². The smallest absolute Gasteiger partial charge is 0.402 e. The standard InChI is InChI=1S/C16H9F2I2NO10S/c17-16(18,32(27,28)29)6-30-14(23)9-5-8(1-2-12(9)21(25)26)31-15(24)10-3-7(19)4-11(20)13(10)22/h1-5,22H,6H2,(H,27,28,29). The normalized spacial score (nSPS) is 11.7. The van der Waals surface area contributed by atoms with Crippen molar-refractivity contribution in [2.24, 2.45) is 0 Å². The van der Waals surface area contributed by atoms with Crippen molar-refractivity contribution in [3.05, 3.63) is 58.7 Å². The maximum atomic E-state index is 13.3. The molecule has 0 aromatic heterocycles. The van der Waals surface area contributed by atoms with E-state index >= 15 is 0 Å². The highest BCUT2D eigenvalue weighted by atomic mass is 127. The van der Waals surface area contributed by atoms with Crippen molar-refractivity contribution < 1.29 is 50.8 Å². The summed E-state index contributed by atoms with van der Waals surface area (Å²) in [6.07, 6.45) is 0. The summed E-state index contributed by atoms with van der Waals surface area (Å²) in [7, 11) is -5.91. The Morgan fingerprint density at radius 3 is 2.31 bits per heavy atom. The number of hydrogen-bond acceptors (Lipinski definition) is 9. The molecule has 172 valence electrons. The number of halogens is 4. The second kappa shape index (κ2) is 9.75. The van der Waals surface area contributed by atoms with Crippen molar-refractivity contribution in [1.29, 1.82) is 0 Å². The number of phenolic OH excluding ortho intramolecular Hbond substituents is 1. The molecule has 0 saturated heterocycles. The van der Waals surface area contributed by atoms with E-state index < -0.39 is 61.6 Å². The van der Waals surface area contributed by atoms with Gasteiger partial charge in [0.1, 0.15) is 22.6 Å². The van der Waals surface area contributed by atoms with E-state index in [0.717, 1.165) is 12.1 Å². The first-order chi connectivity index (χ1) is 14.6. The predicted molar refractivity (Wildman–Crippen MR) is 118 cm³/mol. The van der Waals surface area contributed by atoms with Gasteiger partial charge in [-0.25, -0.2) is 9.59 Å². The molecular formula is C16H9F2I2NO10S. The largest absolute Gasteiger partial charge is 0.506 e. The third-order valence-electron chi connectivity index (χ3n) is 3.59. The van der Waals surface area contributed by atoms with Crippen LogP contribution in [0.2, 0.25) is 0 Å². The van der Waals surface area contributed by atoms with Gasteiger partial charge < -0.3 is 14.6 Å². The maximum absolute atomic E-state index is 13.3. The van der Waals surface area contributed by atoms with E-state index in [1.807, 2.05) is 22.6 Å². The molecule has 0 atom stereocenters. The van der Waals surface area contributed by atoms with Crippen LogP contribution in [0.4, 0.5) is 14.5 Å². The molecule has 0 radical (unpaired) electrons. The van der Waals surface area contributed by atoms with E-state index in [-0.39, 0.29) is 5.56 Å². The van der Waals surface area contributed by atoms with Gasteiger partial charge in [0.25, 0.3) is 5.69 Å². The van der Waals surface area contributed by atoms with Crippen LogP contribution >= 0.6 is 45.2 Å². The molecule has 0 heterocycles. The van der Waals surface area contributed by atoms with Crippen LogP contribution in [-0.2, 0) is 14.9 Å². The van der Waals surface area contributed by atoms with Gasteiger partial charge in [0.05, 0.1) is 8.49 Å². The molecule has 2 aromatic rings. The third-order valence-corrected chi connectivity index (χ3v) is 5.91. The number of benzene rings is 2. The summed E-state index contributed by atoms with van der Waals surface area (Å²) in [5.74, 6) is -3.68. The number of carbonyl (C=O) groups is 2. The maximum Gasteiger partial charge on any atom is 0.402 e. The Kier molecular flexibility index (Phi) is 7.94. The molecule has 0 aliphatic heterocycles. The van der Waals surface area contributed by atoms with Gasteiger partial charge in [0.15, 0.2) is 6.61 Å². The number of hydrogen-bond donors (Lipinski definition) is 2. The average molecular weight is 699 g/mol. The molecule has 0 aliphatic carbocycles. The van der Waals surface area contributed by atoms with E-state index in [1.54, 1.807) is 28.7 Å². The van der Waals surface area contributed by atoms with E-state index in [1.165, 1.54) is 6.07 Å². The number of phenols is 1. The zero-order valence-electron chi connectivity index (χ0n) is 15.1. The van der Waals surface area contributed by atoms with Gasteiger partial charge in [-0.15, -0.1) is 0 Å². The molecule has 0 aliphatic rings. The Balaban J connectivity index is 2.35. The van der Waals surface area contributed by atoms with Crippen LogP contribution in [0.15, 0.2) is 30.3 Å². The van der Waals surface area contributed by atoms with Crippen molar-refractivity contribution in [2.75, 3.05) is 6.61 Å². The highest BCUT2D eigenvalue weighted by molar-refractivity contribution is 14.1. The van der Waals surface area contributed by atoms with Gasteiger partial charge in [0, 0.05) is 15.7 Å². The number of alkyl halides is 2. The number of rotatable bonds is 7. The van der Waals surface area contributed by atoms with Crippen molar-refractivity contribution in [3.8, 4) is 11.5 Å². The lowest BCUT2D eigenvalue weighted by molar-refractivity contribution is -0.385. The molecule has 0 amide bonds. The van der Waals surface area contributed by atoms with Crippen molar-refractivity contribution >= 4 is 72.9 Å². The fourth-order valence-electron chi connectivity index (χ4n) is 2.09. The summed E-state index contributed by atoms with van der Waals surface area (Å²) in [5, 5.41) is 16.3. The van der Waals surface area contributed by atoms with Gasteiger partial charge in [-0.3, -0.25) is 14.7 Å². The van der Waals surface area contributed by atoms with Crippen LogP contribution in [0.1, 0.15) is 20.7 Å². The van der Waals surface area contributed by atoms with Crippen LogP contribution in [0.3, 0.4) is 0 Å². The average Bonchev–Trinajstić information content (AvgIpc) is 2.67. The number of ether oxygens (including phenoxy) is 2. The van der Waals surface area contributed by atoms with E-state index in [9.17, 15) is 42.0 Å². The monoisotopic (exact) mass is 699 g/mol.